The maximum absolute atomic E-state index is 12.6. The second kappa shape index (κ2) is 9.06. The Balaban J connectivity index is 1.58. The molecule has 0 bridgehead atoms. The molecular weight excluding hydrogens is 362 g/mol. The first kappa shape index (κ1) is 20.1. The van der Waals surface area contributed by atoms with Crippen molar-refractivity contribution in [3.63, 3.8) is 0 Å². The first-order valence-electron chi connectivity index (χ1n) is 9.49. The molecule has 5 nitrogen and oxygen atoms in total. The van der Waals surface area contributed by atoms with Gasteiger partial charge in [0.2, 0.25) is 5.91 Å². The fraction of sp³-hybridized carbons (Fsp3) is 0.167. The van der Waals surface area contributed by atoms with Gasteiger partial charge in [-0.05, 0) is 67.4 Å². The highest BCUT2D eigenvalue weighted by atomic mass is 16.2. The van der Waals surface area contributed by atoms with Crippen molar-refractivity contribution >= 4 is 28.9 Å². The molecular formula is C24H25N3O2. The Morgan fingerprint density at radius 1 is 0.862 bits per heavy atom. The van der Waals surface area contributed by atoms with E-state index in [0.717, 1.165) is 16.9 Å². The predicted molar refractivity (Wildman–Crippen MR) is 119 cm³/mol. The molecule has 2 amide bonds. The summed E-state index contributed by atoms with van der Waals surface area (Å²) in [6.45, 7) is 4.23. The third kappa shape index (κ3) is 5.02. The highest BCUT2D eigenvalue weighted by Gasteiger charge is 2.13. The van der Waals surface area contributed by atoms with Gasteiger partial charge in [0.25, 0.3) is 5.91 Å². The molecule has 0 radical (unpaired) electrons. The Bertz CT molecular complexity index is 998. The molecule has 0 aromatic heterocycles. The highest BCUT2D eigenvalue weighted by Crippen LogP contribution is 2.18. The maximum Gasteiger partial charge on any atom is 0.258 e. The standard InChI is InChI=1S/C24H25N3O2/c1-17-8-7-11-22(18(17)2)25-16-23(28)26-20-14-12-19(13-15-20)24(29)27(3)21-9-5-4-6-10-21/h4-15,25H,16H2,1-3H3,(H,26,28). The van der Waals surface area contributed by atoms with Crippen LogP contribution in [0.3, 0.4) is 0 Å². The summed E-state index contributed by atoms with van der Waals surface area (Å²) in [5.74, 6) is -0.253. The predicted octanol–water partition coefficient (Wildman–Crippen LogP) is 4.63. The van der Waals surface area contributed by atoms with E-state index < -0.39 is 0 Å². The molecule has 0 spiro atoms. The maximum atomic E-state index is 12.6. The number of aryl methyl sites for hydroxylation is 1. The van der Waals surface area contributed by atoms with Gasteiger partial charge >= 0.3 is 0 Å². The van der Waals surface area contributed by atoms with E-state index in [-0.39, 0.29) is 18.4 Å². The van der Waals surface area contributed by atoms with E-state index >= 15 is 0 Å². The van der Waals surface area contributed by atoms with Gasteiger partial charge in [0.15, 0.2) is 0 Å². The van der Waals surface area contributed by atoms with Gasteiger partial charge in [0.1, 0.15) is 0 Å². The number of carbonyl (C=O) groups excluding carboxylic acids is 2. The average Bonchev–Trinajstić information content (AvgIpc) is 2.75. The quantitative estimate of drug-likeness (QED) is 0.648. The minimum absolute atomic E-state index is 0.106. The van der Waals surface area contributed by atoms with Crippen LogP contribution in [0.1, 0.15) is 21.5 Å². The summed E-state index contributed by atoms with van der Waals surface area (Å²) in [6, 6.07) is 22.3. The largest absolute Gasteiger partial charge is 0.376 e. The number of nitrogens with one attached hydrogen (secondary N) is 2. The third-order valence-electron chi connectivity index (χ3n) is 4.91. The van der Waals surface area contributed by atoms with Crippen LogP contribution in [0.15, 0.2) is 72.8 Å². The van der Waals surface area contributed by atoms with Crippen molar-refractivity contribution in [1.82, 2.24) is 0 Å². The van der Waals surface area contributed by atoms with Crippen LogP contribution in [0.2, 0.25) is 0 Å². The fourth-order valence-electron chi connectivity index (χ4n) is 2.98. The lowest BCUT2D eigenvalue weighted by molar-refractivity contribution is -0.114. The number of carbonyl (C=O) groups is 2. The molecule has 29 heavy (non-hydrogen) atoms. The molecule has 0 saturated heterocycles. The van der Waals surface area contributed by atoms with Gasteiger partial charge in [0.05, 0.1) is 6.54 Å². The lowest BCUT2D eigenvalue weighted by Crippen LogP contribution is -2.26. The molecule has 0 aliphatic rings. The van der Waals surface area contributed by atoms with Crippen LogP contribution in [0.25, 0.3) is 0 Å². The summed E-state index contributed by atoms with van der Waals surface area (Å²) < 4.78 is 0. The summed E-state index contributed by atoms with van der Waals surface area (Å²) in [4.78, 5) is 26.5. The number of amides is 2. The summed E-state index contributed by atoms with van der Waals surface area (Å²) >= 11 is 0. The van der Waals surface area contributed by atoms with Crippen molar-refractivity contribution in [1.29, 1.82) is 0 Å². The number of anilines is 3. The summed E-state index contributed by atoms with van der Waals surface area (Å²) in [5, 5.41) is 6.01. The molecule has 0 saturated carbocycles. The number of para-hydroxylation sites is 1. The van der Waals surface area contributed by atoms with E-state index in [1.54, 1.807) is 36.2 Å². The van der Waals surface area contributed by atoms with E-state index in [2.05, 4.69) is 10.6 Å². The molecule has 2 N–H and O–H groups in total. The van der Waals surface area contributed by atoms with Crippen LogP contribution in [0.5, 0.6) is 0 Å². The van der Waals surface area contributed by atoms with Gasteiger partial charge < -0.3 is 15.5 Å². The molecule has 3 aromatic rings. The molecule has 0 unspecified atom stereocenters. The van der Waals surface area contributed by atoms with Crippen molar-refractivity contribution in [2.75, 3.05) is 29.1 Å². The average molecular weight is 387 g/mol. The molecule has 0 heterocycles. The Kier molecular flexibility index (Phi) is 6.29. The Morgan fingerprint density at radius 3 is 2.24 bits per heavy atom. The van der Waals surface area contributed by atoms with Gasteiger partial charge in [0, 0.05) is 29.7 Å². The number of nitrogens with zero attached hydrogens (tertiary/aromatic N) is 1. The second-order valence-electron chi connectivity index (χ2n) is 6.93. The first-order chi connectivity index (χ1) is 14.0. The fourth-order valence-corrected chi connectivity index (χ4v) is 2.98. The van der Waals surface area contributed by atoms with Crippen molar-refractivity contribution in [3.05, 3.63) is 89.5 Å². The van der Waals surface area contributed by atoms with Crippen molar-refractivity contribution in [2.24, 2.45) is 0 Å². The lowest BCUT2D eigenvalue weighted by Gasteiger charge is -2.17. The number of hydrogen-bond acceptors (Lipinski definition) is 3. The second-order valence-corrected chi connectivity index (χ2v) is 6.93. The Hall–Kier alpha value is -3.60. The highest BCUT2D eigenvalue weighted by molar-refractivity contribution is 6.06. The SMILES string of the molecule is Cc1cccc(NCC(=O)Nc2ccc(C(=O)N(C)c3ccccc3)cc2)c1C. The number of hydrogen-bond donors (Lipinski definition) is 2. The van der Waals surface area contributed by atoms with E-state index in [9.17, 15) is 9.59 Å². The first-order valence-corrected chi connectivity index (χ1v) is 9.49. The van der Waals surface area contributed by atoms with Gasteiger partial charge in [-0.25, -0.2) is 0 Å². The number of benzene rings is 3. The molecule has 0 fully saturated rings. The van der Waals surface area contributed by atoms with E-state index in [1.807, 2.05) is 62.4 Å². The molecule has 3 rings (SSSR count). The van der Waals surface area contributed by atoms with Crippen molar-refractivity contribution < 1.29 is 9.59 Å². The van der Waals surface area contributed by atoms with Crippen LogP contribution in [0.4, 0.5) is 17.1 Å². The third-order valence-corrected chi connectivity index (χ3v) is 4.91. The van der Waals surface area contributed by atoms with Crippen LogP contribution in [-0.4, -0.2) is 25.4 Å². The Labute approximate surface area is 171 Å². The molecule has 0 atom stereocenters. The minimum Gasteiger partial charge on any atom is -0.376 e. The van der Waals surface area contributed by atoms with Crippen molar-refractivity contribution in [2.45, 2.75) is 13.8 Å². The normalized spacial score (nSPS) is 10.3. The molecule has 3 aromatic carbocycles. The van der Waals surface area contributed by atoms with Gasteiger partial charge in [-0.2, -0.15) is 0 Å². The van der Waals surface area contributed by atoms with Crippen molar-refractivity contribution in [3.8, 4) is 0 Å². The van der Waals surface area contributed by atoms with Gasteiger partial charge in [-0.15, -0.1) is 0 Å². The molecule has 5 heteroatoms. The van der Waals surface area contributed by atoms with Crippen LogP contribution in [0, 0.1) is 13.8 Å². The molecule has 0 aliphatic carbocycles. The van der Waals surface area contributed by atoms with Crippen LogP contribution < -0.4 is 15.5 Å². The van der Waals surface area contributed by atoms with Crippen LogP contribution >= 0.6 is 0 Å². The lowest BCUT2D eigenvalue weighted by atomic mass is 10.1. The van der Waals surface area contributed by atoms with Crippen LogP contribution in [-0.2, 0) is 4.79 Å². The monoisotopic (exact) mass is 387 g/mol. The molecule has 148 valence electrons. The van der Waals surface area contributed by atoms with E-state index in [1.165, 1.54) is 5.56 Å². The van der Waals surface area contributed by atoms with Gasteiger partial charge in [-0.1, -0.05) is 30.3 Å². The topological polar surface area (TPSA) is 61.4 Å². The van der Waals surface area contributed by atoms with Gasteiger partial charge in [-0.3, -0.25) is 9.59 Å². The summed E-state index contributed by atoms with van der Waals surface area (Å²) in [6.07, 6.45) is 0. The molecule has 0 aliphatic heterocycles. The smallest absolute Gasteiger partial charge is 0.258 e. The zero-order valence-corrected chi connectivity index (χ0v) is 16.9. The van der Waals surface area contributed by atoms with E-state index in [4.69, 9.17) is 0 Å². The van der Waals surface area contributed by atoms with E-state index in [0.29, 0.717) is 11.3 Å². The zero-order chi connectivity index (χ0) is 20.8. The number of rotatable bonds is 6. The Morgan fingerprint density at radius 2 is 1.55 bits per heavy atom. The zero-order valence-electron chi connectivity index (χ0n) is 16.9. The minimum atomic E-state index is -0.147. The summed E-state index contributed by atoms with van der Waals surface area (Å²) in [5.41, 5.74) is 5.29. The summed E-state index contributed by atoms with van der Waals surface area (Å²) in [7, 11) is 1.74.